The molecule has 1 aromatic carbocycles. The van der Waals surface area contributed by atoms with Gasteiger partial charge in [-0.2, -0.15) is 0 Å². The number of aryl methyl sites for hydroxylation is 1. The van der Waals surface area contributed by atoms with Gasteiger partial charge in [-0.1, -0.05) is 24.6 Å². The van der Waals surface area contributed by atoms with Crippen LogP contribution in [0, 0.1) is 6.92 Å². The molecule has 1 N–H and O–H groups in total. The molecule has 0 atom stereocenters. The fraction of sp³-hybridized carbons (Fsp3) is 0.286. The maximum Gasteiger partial charge on any atom is 0.0453 e. The molecule has 0 bridgehead atoms. The molecule has 0 saturated heterocycles. The summed E-state index contributed by atoms with van der Waals surface area (Å²) in [6, 6.07) is 12.9. The Hall–Kier alpha value is -1.54. The zero-order valence-corrected chi connectivity index (χ0v) is 9.90. The molecule has 0 aliphatic heterocycles. The SMILES string of the molecule is CCNCc1cccn1-c1ccc(C)cc1. The lowest BCUT2D eigenvalue weighted by atomic mass is 10.2. The number of benzene rings is 1. The molecule has 2 heteroatoms. The largest absolute Gasteiger partial charge is 0.320 e. The topological polar surface area (TPSA) is 17.0 Å². The van der Waals surface area contributed by atoms with Gasteiger partial charge >= 0.3 is 0 Å². The summed E-state index contributed by atoms with van der Waals surface area (Å²) in [5.41, 5.74) is 3.82. The predicted molar refractivity (Wildman–Crippen MR) is 67.9 cm³/mol. The molecule has 2 aromatic rings. The lowest BCUT2D eigenvalue weighted by Crippen LogP contribution is -2.14. The van der Waals surface area contributed by atoms with Gasteiger partial charge in [0.05, 0.1) is 0 Å². The van der Waals surface area contributed by atoms with E-state index < -0.39 is 0 Å². The van der Waals surface area contributed by atoms with E-state index in [1.165, 1.54) is 16.9 Å². The van der Waals surface area contributed by atoms with Crippen LogP contribution >= 0.6 is 0 Å². The first-order chi connectivity index (χ1) is 7.81. The van der Waals surface area contributed by atoms with E-state index in [0.717, 1.165) is 13.1 Å². The average molecular weight is 214 g/mol. The third-order valence-corrected chi connectivity index (χ3v) is 2.70. The number of nitrogens with zero attached hydrogens (tertiary/aromatic N) is 1. The van der Waals surface area contributed by atoms with Crippen molar-refractivity contribution in [2.45, 2.75) is 20.4 Å². The van der Waals surface area contributed by atoms with Crippen LogP contribution in [0.4, 0.5) is 0 Å². The second kappa shape index (κ2) is 4.99. The molecule has 0 unspecified atom stereocenters. The van der Waals surface area contributed by atoms with Crippen LogP contribution in [0.1, 0.15) is 18.2 Å². The van der Waals surface area contributed by atoms with Crippen molar-refractivity contribution < 1.29 is 0 Å². The molecule has 16 heavy (non-hydrogen) atoms. The van der Waals surface area contributed by atoms with E-state index in [0.29, 0.717) is 0 Å². The monoisotopic (exact) mass is 214 g/mol. The standard InChI is InChI=1S/C14H18N2/c1-3-15-11-14-5-4-10-16(14)13-8-6-12(2)7-9-13/h4-10,15H,3,11H2,1-2H3. The van der Waals surface area contributed by atoms with Gasteiger partial charge in [0.15, 0.2) is 0 Å². The smallest absolute Gasteiger partial charge is 0.0453 e. The van der Waals surface area contributed by atoms with Crippen LogP contribution in [0.25, 0.3) is 5.69 Å². The van der Waals surface area contributed by atoms with E-state index in [1.807, 2.05) is 0 Å². The van der Waals surface area contributed by atoms with E-state index in [-0.39, 0.29) is 0 Å². The summed E-state index contributed by atoms with van der Waals surface area (Å²) >= 11 is 0. The Morgan fingerprint density at radius 3 is 2.56 bits per heavy atom. The minimum Gasteiger partial charge on any atom is -0.320 e. The minimum absolute atomic E-state index is 0.914. The molecule has 0 amide bonds. The van der Waals surface area contributed by atoms with Crippen molar-refractivity contribution >= 4 is 0 Å². The quantitative estimate of drug-likeness (QED) is 0.828. The van der Waals surface area contributed by atoms with Gasteiger partial charge in [0, 0.05) is 24.1 Å². The van der Waals surface area contributed by atoms with Crippen LogP contribution in [0.15, 0.2) is 42.6 Å². The molecule has 0 saturated carbocycles. The number of nitrogens with one attached hydrogen (secondary N) is 1. The van der Waals surface area contributed by atoms with Gasteiger partial charge in [-0.05, 0) is 37.7 Å². The van der Waals surface area contributed by atoms with Crippen LogP contribution in [-0.2, 0) is 6.54 Å². The first-order valence-electron chi connectivity index (χ1n) is 5.75. The Labute approximate surface area is 96.9 Å². The van der Waals surface area contributed by atoms with E-state index >= 15 is 0 Å². The molecule has 0 aliphatic rings. The lowest BCUT2D eigenvalue weighted by Gasteiger charge is -2.09. The number of aromatic nitrogens is 1. The van der Waals surface area contributed by atoms with Gasteiger partial charge < -0.3 is 9.88 Å². The van der Waals surface area contributed by atoms with Crippen LogP contribution in [-0.4, -0.2) is 11.1 Å². The molecular weight excluding hydrogens is 196 g/mol. The Bertz CT molecular complexity index is 440. The van der Waals surface area contributed by atoms with Gasteiger partial charge in [-0.15, -0.1) is 0 Å². The normalized spacial score (nSPS) is 10.6. The minimum atomic E-state index is 0.914. The average Bonchev–Trinajstić information content (AvgIpc) is 2.75. The fourth-order valence-electron chi connectivity index (χ4n) is 1.77. The second-order valence-corrected chi connectivity index (χ2v) is 3.99. The number of hydrogen-bond donors (Lipinski definition) is 1. The summed E-state index contributed by atoms with van der Waals surface area (Å²) in [7, 11) is 0. The summed E-state index contributed by atoms with van der Waals surface area (Å²) in [5, 5.41) is 3.35. The summed E-state index contributed by atoms with van der Waals surface area (Å²) in [6.45, 7) is 6.15. The Kier molecular flexibility index (Phi) is 3.42. The van der Waals surface area contributed by atoms with Gasteiger partial charge in [0.25, 0.3) is 0 Å². The molecule has 0 spiro atoms. The molecule has 84 valence electrons. The van der Waals surface area contributed by atoms with Gasteiger partial charge in [-0.25, -0.2) is 0 Å². The molecule has 0 radical (unpaired) electrons. The highest BCUT2D eigenvalue weighted by molar-refractivity contribution is 5.37. The van der Waals surface area contributed by atoms with Gasteiger partial charge in [0.1, 0.15) is 0 Å². The second-order valence-electron chi connectivity index (χ2n) is 3.99. The van der Waals surface area contributed by atoms with Gasteiger partial charge in [0.2, 0.25) is 0 Å². The van der Waals surface area contributed by atoms with Crippen molar-refractivity contribution in [3.05, 3.63) is 53.9 Å². The third-order valence-electron chi connectivity index (χ3n) is 2.70. The van der Waals surface area contributed by atoms with Crippen molar-refractivity contribution in [1.82, 2.24) is 9.88 Å². The molecule has 1 aromatic heterocycles. The maximum absolute atomic E-state index is 3.35. The zero-order valence-electron chi connectivity index (χ0n) is 9.90. The van der Waals surface area contributed by atoms with Crippen molar-refractivity contribution in [3.63, 3.8) is 0 Å². The first-order valence-corrected chi connectivity index (χ1v) is 5.75. The first kappa shape index (κ1) is 11.0. The molecular formula is C14H18N2. The molecule has 0 fully saturated rings. The summed E-state index contributed by atoms with van der Waals surface area (Å²) in [6.07, 6.45) is 2.11. The molecule has 2 rings (SSSR count). The fourth-order valence-corrected chi connectivity index (χ4v) is 1.77. The summed E-state index contributed by atoms with van der Waals surface area (Å²) in [5.74, 6) is 0. The Balaban J connectivity index is 2.26. The van der Waals surface area contributed by atoms with Crippen LogP contribution in [0.3, 0.4) is 0 Å². The summed E-state index contributed by atoms with van der Waals surface area (Å²) < 4.78 is 2.22. The highest BCUT2D eigenvalue weighted by Crippen LogP contribution is 2.13. The van der Waals surface area contributed by atoms with E-state index in [2.05, 4.69) is 66.3 Å². The van der Waals surface area contributed by atoms with E-state index in [4.69, 9.17) is 0 Å². The third kappa shape index (κ3) is 2.34. The maximum atomic E-state index is 3.35. The predicted octanol–water partition coefficient (Wildman–Crippen LogP) is 2.90. The number of hydrogen-bond acceptors (Lipinski definition) is 1. The molecule has 0 aliphatic carbocycles. The van der Waals surface area contributed by atoms with E-state index in [1.54, 1.807) is 0 Å². The number of rotatable bonds is 4. The highest BCUT2D eigenvalue weighted by atomic mass is 15.0. The van der Waals surface area contributed by atoms with Crippen molar-refractivity contribution in [1.29, 1.82) is 0 Å². The summed E-state index contributed by atoms with van der Waals surface area (Å²) in [4.78, 5) is 0. The van der Waals surface area contributed by atoms with Crippen molar-refractivity contribution in [2.75, 3.05) is 6.54 Å². The Morgan fingerprint density at radius 1 is 1.12 bits per heavy atom. The van der Waals surface area contributed by atoms with Crippen LogP contribution < -0.4 is 5.32 Å². The van der Waals surface area contributed by atoms with Crippen LogP contribution in [0.2, 0.25) is 0 Å². The molecule has 2 nitrogen and oxygen atoms in total. The van der Waals surface area contributed by atoms with Gasteiger partial charge in [-0.3, -0.25) is 0 Å². The molecule has 1 heterocycles. The zero-order chi connectivity index (χ0) is 11.4. The Morgan fingerprint density at radius 2 is 1.88 bits per heavy atom. The lowest BCUT2D eigenvalue weighted by molar-refractivity contribution is 0.698. The highest BCUT2D eigenvalue weighted by Gasteiger charge is 2.01. The van der Waals surface area contributed by atoms with E-state index in [9.17, 15) is 0 Å². The van der Waals surface area contributed by atoms with Crippen molar-refractivity contribution in [3.8, 4) is 5.69 Å². The van der Waals surface area contributed by atoms with Crippen LogP contribution in [0.5, 0.6) is 0 Å². The van der Waals surface area contributed by atoms with Crippen molar-refractivity contribution in [2.24, 2.45) is 0 Å².